The zero-order valence-electron chi connectivity index (χ0n) is 4.22. The third-order valence-electron chi connectivity index (χ3n) is 0.826. The Morgan fingerprint density at radius 1 is 2.00 bits per heavy atom. The van der Waals surface area contributed by atoms with Crippen LogP contribution >= 0.6 is 11.8 Å². The molecule has 0 amide bonds. The Morgan fingerprint density at radius 3 is 2.86 bits per heavy atom. The molecule has 0 unspecified atom stereocenters. The average Bonchev–Trinajstić information content (AvgIpc) is 1.87. The molecule has 2 nitrogen and oxygen atoms in total. The fourth-order valence-corrected chi connectivity index (χ4v) is 1.21. The van der Waals surface area contributed by atoms with Gasteiger partial charge in [0.05, 0.1) is 6.54 Å². The average molecular weight is 116 g/mol. The van der Waals surface area contributed by atoms with E-state index < -0.39 is 0 Å². The molecule has 2 N–H and O–H groups in total. The third-order valence-corrected chi connectivity index (χ3v) is 1.75. The van der Waals surface area contributed by atoms with E-state index in [1.54, 1.807) is 11.8 Å². The van der Waals surface area contributed by atoms with Crippen LogP contribution < -0.4 is 5.73 Å². The highest BCUT2D eigenvalue weighted by Crippen LogP contribution is 2.16. The van der Waals surface area contributed by atoms with Gasteiger partial charge >= 0.3 is 0 Å². The summed E-state index contributed by atoms with van der Waals surface area (Å²) in [5.41, 5.74) is 5.34. The van der Waals surface area contributed by atoms with Gasteiger partial charge < -0.3 is 5.73 Å². The van der Waals surface area contributed by atoms with Gasteiger partial charge in [-0.25, -0.2) is 0 Å². The lowest BCUT2D eigenvalue weighted by Gasteiger charge is -1.91. The molecule has 0 saturated heterocycles. The Labute approximate surface area is 47.2 Å². The summed E-state index contributed by atoms with van der Waals surface area (Å²) < 4.78 is 0. The molecule has 40 valence electrons. The highest BCUT2D eigenvalue weighted by atomic mass is 32.2. The van der Waals surface area contributed by atoms with Crippen molar-refractivity contribution in [2.24, 2.45) is 10.7 Å². The Morgan fingerprint density at radius 2 is 2.71 bits per heavy atom. The number of nitrogens with two attached hydrogens (primary N) is 1. The number of amidine groups is 1. The van der Waals surface area contributed by atoms with Crippen LogP contribution in [-0.2, 0) is 0 Å². The number of nitrogens with zero attached hydrogens (tertiary/aromatic N) is 1. The van der Waals surface area contributed by atoms with Crippen molar-refractivity contribution < 1.29 is 0 Å². The molecule has 1 aliphatic heterocycles. The Kier molecular flexibility index (Phi) is 1.23. The first-order valence-electron chi connectivity index (χ1n) is 2.25. The maximum absolute atomic E-state index is 5.34. The lowest BCUT2D eigenvalue weighted by Crippen LogP contribution is -2.02. The van der Waals surface area contributed by atoms with Gasteiger partial charge in [-0.15, -0.1) is 0 Å². The van der Waals surface area contributed by atoms with Gasteiger partial charge in [-0.1, -0.05) is 18.7 Å². The van der Waals surface area contributed by atoms with Crippen LogP contribution in [0.1, 0.15) is 6.92 Å². The van der Waals surface area contributed by atoms with Gasteiger partial charge in [-0.05, 0) is 0 Å². The van der Waals surface area contributed by atoms with E-state index in [9.17, 15) is 0 Å². The topological polar surface area (TPSA) is 38.4 Å². The van der Waals surface area contributed by atoms with E-state index in [-0.39, 0.29) is 0 Å². The zero-order valence-corrected chi connectivity index (χ0v) is 5.03. The molecule has 1 heterocycles. The molecular weight excluding hydrogens is 108 g/mol. The van der Waals surface area contributed by atoms with Crippen LogP contribution in [0, 0.1) is 0 Å². The molecule has 0 saturated carbocycles. The van der Waals surface area contributed by atoms with Gasteiger partial charge in [0.2, 0.25) is 0 Å². The zero-order chi connectivity index (χ0) is 5.28. The van der Waals surface area contributed by atoms with Gasteiger partial charge in [0.15, 0.2) is 5.17 Å². The maximum Gasteiger partial charge on any atom is 0.154 e. The largest absolute Gasteiger partial charge is 0.379 e. The van der Waals surface area contributed by atoms with Crippen molar-refractivity contribution in [2.45, 2.75) is 12.2 Å². The molecule has 0 aliphatic carbocycles. The molecule has 7 heavy (non-hydrogen) atoms. The monoisotopic (exact) mass is 116 g/mol. The van der Waals surface area contributed by atoms with Gasteiger partial charge in [-0.2, -0.15) is 0 Å². The second-order valence-electron chi connectivity index (χ2n) is 1.61. The van der Waals surface area contributed by atoms with Crippen LogP contribution in [-0.4, -0.2) is 17.0 Å². The first kappa shape index (κ1) is 4.97. The molecule has 3 heteroatoms. The van der Waals surface area contributed by atoms with E-state index in [0.717, 1.165) is 11.7 Å². The molecule has 0 aromatic heterocycles. The highest BCUT2D eigenvalue weighted by Gasteiger charge is 2.10. The summed E-state index contributed by atoms with van der Waals surface area (Å²) in [5.74, 6) is 0. The van der Waals surface area contributed by atoms with Gasteiger partial charge in [0.1, 0.15) is 0 Å². The van der Waals surface area contributed by atoms with Crippen LogP contribution in [0.4, 0.5) is 0 Å². The number of aliphatic imine (C=N–C) groups is 1. The van der Waals surface area contributed by atoms with Crippen molar-refractivity contribution in [3.63, 3.8) is 0 Å². The van der Waals surface area contributed by atoms with Crippen molar-refractivity contribution in [3.8, 4) is 0 Å². The van der Waals surface area contributed by atoms with Crippen molar-refractivity contribution in [2.75, 3.05) is 6.54 Å². The second kappa shape index (κ2) is 1.74. The standard InChI is InChI=1S/C4H8N2S/c1-3-2-6-4(5)7-3/h3H,2H2,1H3,(H2,5,6)/t3-/m0/s1. The van der Waals surface area contributed by atoms with Gasteiger partial charge in [-0.3, -0.25) is 4.99 Å². The van der Waals surface area contributed by atoms with Gasteiger partial charge in [0.25, 0.3) is 0 Å². The minimum absolute atomic E-state index is 0.611. The molecule has 1 rings (SSSR count). The molecule has 0 spiro atoms. The second-order valence-corrected chi connectivity index (χ2v) is 3.07. The van der Waals surface area contributed by atoms with Crippen molar-refractivity contribution in [1.82, 2.24) is 0 Å². The Bertz CT molecular complexity index is 99.9. The molecule has 0 aromatic rings. The van der Waals surface area contributed by atoms with Crippen molar-refractivity contribution in [1.29, 1.82) is 0 Å². The highest BCUT2D eigenvalue weighted by molar-refractivity contribution is 8.14. The normalized spacial score (nSPS) is 30.4. The molecule has 1 atom stereocenters. The molecule has 0 bridgehead atoms. The summed E-state index contributed by atoms with van der Waals surface area (Å²) in [6.07, 6.45) is 0. The number of thioether (sulfide) groups is 1. The fraction of sp³-hybridized carbons (Fsp3) is 0.750. The van der Waals surface area contributed by atoms with E-state index in [1.807, 2.05) is 0 Å². The van der Waals surface area contributed by atoms with E-state index in [1.165, 1.54) is 0 Å². The number of rotatable bonds is 0. The van der Waals surface area contributed by atoms with Crippen molar-refractivity contribution in [3.05, 3.63) is 0 Å². The van der Waals surface area contributed by atoms with Crippen LogP contribution in [0.3, 0.4) is 0 Å². The quantitative estimate of drug-likeness (QED) is 0.498. The fourth-order valence-electron chi connectivity index (χ4n) is 0.499. The summed E-state index contributed by atoms with van der Waals surface area (Å²) in [6.45, 7) is 3.02. The molecular formula is C4H8N2S. The summed E-state index contributed by atoms with van der Waals surface area (Å²) in [7, 11) is 0. The lowest BCUT2D eigenvalue weighted by molar-refractivity contribution is 0.975. The van der Waals surface area contributed by atoms with Crippen molar-refractivity contribution >= 4 is 16.9 Å². The minimum atomic E-state index is 0.611. The predicted octanol–water partition coefficient (Wildman–Crippen LogP) is 0.436. The van der Waals surface area contributed by atoms with E-state index in [2.05, 4.69) is 11.9 Å². The lowest BCUT2D eigenvalue weighted by atomic mass is 10.5. The third kappa shape index (κ3) is 1.09. The van der Waals surface area contributed by atoms with E-state index in [4.69, 9.17) is 5.73 Å². The van der Waals surface area contributed by atoms with E-state index >= 15 is 0 Å². The van der Waals surface area contributed by atoms with E-state index in [0.29, 0.717) is 5.25 Å². The minimum Gasteiger partial charge on any atom is -0.379 e. The molecule has 0 fully saturated rings. The first-order chi connectivity index (χ1) is 3.29. The van der Waals surface area contributed by atoms with Crippen LogP contribution in [0.15, 0.2) is 4.99 Å². The first-order valence-corrected chi connectivity index (χ1v) is 3.13. The summed E-state index contributed by atoms with van der Waals surface area (Å²) in [6, 6.07) is 0. The summed E-state index contributed by atoms with van der Waals surface area (Å²) in [4.78, 5) is 3.97. The maximum atomic E-state index is 5.34. The SMILES string of the molecule is C[C@H]1CN=C(N)S1. The molecule has 0 radical (unpaired) electrons. The number of hydrogen-bond donors (Lipinski definition) is 1. The predicted molar refractivity (Wildman–Crippen MR) is 33.5 cm³/mol. The van der Waals surface area contributed by atoms with Gasteiger partial charge in [0, 0.05) is 5.25 Å². The Balaban J connectivity index is 2.42. The number of hydrogen-bond acceptors (Lipinski definition) is 3. The van der Waals surface area contributed by atoms with Crippen LogP contribution in [0.5, 0.6) is 0 Å². The Hall–Kier alpha value is -0.180. The summed E-state index contributed by atoms with van der Waals surface area (Å²) in [5, 5.41) is 1.35. The van der Waals surface area contributed by atoms with Crippen LogP contribution in [0.25, 0.3) is 0 Å². The smallest absolute Gasteiger partial charge is 0.154 e. The van der Waals surface area contributed by atoms with Crippen LogP contribution in [0.2, 0.25) is 0 Å². The summed E-state index contributed by atoms with van der Waals surface area (Å²) >= 11 is 1.65. The molecule has 0 aromatic carbocycles. The molecule has 1 aliphatic rings.